The molecule has 1 N–H and O–H groups in total. The summed E-state index contributed by atoms with van der Waals surface area (Å²) in [6, 6.07) is -1.44. The number of hydrogen-bond donors (Lipinski definition) is 1. The smallest absolute Gasteiger partial charge is 0.326 e. The van der Waals surface area contributed by atoms with Crippen LogP contribution >= 0.6 is 0 Å². The predicted molar refractivity (Wildman–Crippen MR) is 69.3 cm³/mol. The molecule has 1 rings (SSSR count). The van der Waals surface area contributed by atoms with Crippen molar-refractivity contribution in [3.05, 3.63) is 12.7 Å². The van der Waals surface area contributed by atoms with Crippen molar-refractivity contribution >= 4 is 17.8 Å². The van der Waals surface area contributed by atoms with Crippen LogP contribution in [-0.2, 0) is 14.4 Å². The van der Waals surface area contributed by atoms with Crippen LogP contribution < -0.4 is 0 Å². The Kier molecular flexibility index (Phi) is 4.69. The maximum atomic E-state index is 12.2. The Morgan fingerprint density at radius 3 is 2.32 bits per heavy atom. The van der Waals surface area contributed by atoms with E-state index in [2.05, 4.69) is 6.58 Å². The first kappa shape index (κ1) is 15.2. The third-order valence-electron chi connectivity index (χ3n) is 3.41. The largest absolute Gasteiger partial charge is 0.480 e. The Hall–Kier alpha value is -1.85. The molecule has 1 aliphatic rings. The van der Waals surface area contributed by atoms with Crippen LogP contribution in [0.25, 0.3) is 0 Å². The summed E-state index contributed by atoms with van der Waals surface area (Å²) >= 11 is 0. The summed E-state index contributed by atoms with van der Waals surface area (Å²) in [5.41, 5.74) is 0. The number of likely N-dealkylation sites (tertiary alicyclic amines) is 1. The molecular weight excluding hydrogens is 248 g/mol. The Bertz CT molecular complexity index is 405. The minimum Gasteiger partial charge on any atom is -0.480 e. The standard InChI is InChI=1S/C13H20N2O4/c1-5-10(16)15-7-6-9(15)12(17)14(4)11(8(2)3)13(18)19/h5,8-9,11H,1,6-7H2,2-4H3,(H,18,19)/t9-,11?/m0/s1. The summed E-state index contributed by atoms with van der Waals surface area (Å²) in [7, 11) is 1.47. The van der Waals surface area contributed by atoms with Crippen molar-refractivity contribution in [2.75, 3.05) is 13.6 Å². The number of nitrogens with zero attached hydrogens (tertiary/aromatic N) is 2. The van der Waals surface area contributed by atoms with E-state index in [-0.39, 0.29) is 17.7 Å². The molecule has 0 bridgehead atoms. The summed E-state index contributed by atoms with van der Waals surface area (Å²) in [4.78, 5) is 37.6. The minimum absolute atomic E-state index is 0.199. The van der Waals surface area contributed by atoms with Gasteiger partial charge in [0.25, 0.3) is 0 Å². The van der Waals surface area contributed by atoms with Crippen LogP contribution in [0.5, 0.6) is 0 Å². The number of carboxylic acids is 1. The fraction of sp³-hybridized carbons (Fsp3) is 0.615. The minimum atomic E-state index is -1.04. The fourth-order valence-electron chi connectivity index (χ4n) is 2.30. The lowest BCUT2D eigenvalue weighted by Crippen LogP contribution is -2.60. The number of carbonyl (C=O) groups is 3. The molecule has 2 atom stereocenters. The zero-order chi connectivity index (χ0) is 14.7. The van der Waals surface area contributed by atoms with Gasteiger partial charge in [-0.3, -0.25) is 9.59 Å². The molecule has 1 heterocycles. The Balaban J connectivity index is 2.79. The predicted octanol–water partition coefficient (Wildman–Crippen LogP) is 0.341. The van der Waals surface area contributed by atoms with Gasteiger partial charge in [-0.25, -0.2) is 4.79 Å². The zero-order valence-electron chi connectivity index (χ0n) is 11.5. The van der Waals surface area contributed by atoms with E-state index in [1.807, 2.05) is 0 Å². The lowest BCUT2D eigenvalue weighted by molar-refractivity contribution is -0.158. The van der Waals surface area contributed by atoms with Crippen LogP contribution in [-0.4, -0.2) is 58.4 Å². The summed E-state index contributed by atoms with van der Waals surface area (Å²) in [6.07, 6.45) is 1.73. The van der Waals surface area contributed by atoms with Crippen molar-refractivity contribution in [3.63, 3.8) is 0 Å². The van der Waals surface area contributed by atoms with Gasteiger partial charge in [0.1, 0.15) is 12.1 Å². The Labute approximate surface area is 112 Å². The summed E-state index contributed by atoms with van der Waals surface area (Å²) in [5.74, 6) is -1.86. The molecule has 0 aromatic heterocycles. The third-order valence-corrected chi connectivity index (χ3v) is 3.41. The molecule has 0 aliphatic carbocycles. The first-order chi connectivity index (χ1) is 8.81. The highest BCUT2D eigenvalue weighted by Gasteiger charge is 2.41. The van der Waals surface area contributed by atoms with Crippen molar-refractivity contribution in [2.45, 2.75) is 32.4 Å². The highest BCUT2D eigenvalue weighted by molar-refractivity contribution is 5.95. The number of carboxylic acid groups (broad SMARTS) is 1. The highest BCUT2D eigenvalue weighted by atomic mass is 16.4. The Morgan fingerprint density at radius 2 is 2.00 bits per heavy atom. The first-order valence-corrected chi connectivity index (χ1v) is 6.23. The normalized spacial score (nSPS) is 19.6. The average molecular weight is 268 g/mol. The zero-order valence-corrected chi connectivity index (χ0v) is 11.5. The van der Waals surface area contributed by atoms with Crippen LogP contribution in [0.1, 0.15) is 20.3 Å². The number of amides is 2. The van der Waals surface area contributed by atoms with Crippen molar-refractivity contribution in [1.82, 2.24) is 9.80 Å². The number of rotatable bonds is 5. The second kappa shape index (κ2) is 5.86. The molecule has 0 radical (unpaired) electrons. The van der Waals surface area contributed by atoms with E-state index < -0.39 is 18.1 Å². The molecule has 1 unspecified atom stereocenters. The maximum absolute atomic E-state index is 12.2. The fourth-order valence-corrected chi connectivity index (χ4v) is 2.30. The average Bonchev–Trinajstić information content (AvgIpc) is 2.25. The number of hydrogen-bond acceptors (Lipinski definition) is 3. The van der Waals surface area contributed by atoms with E-state index in [9.17, 15) is 14.4 Å². The highest BCUT2D eigenvalue weighted by Crippen LogP contribution is 2.22. The molecule has 0 saturated carbocycles. The molecule has 106 valence electrons. The second-order valence-corrected chi connectivity index (χ2v) is 5.02. The van der Waals surface area contributed by atoms with Gasteiger partial charge in [0.15, 0.2) is 0 Å². The van der Waals surface area contributed by atoms with Crippen molar-refractivity contribution in [2.24, 2.45) is 5.92 Å². The van der Waals surface area contributed by atoms with Crippen molar-refractivity contribution in [3.8, 4) is 0 Å². The summed E-state index contributed by atoms with van der Waals surface area (Å²) in [6.45, 7) is 7.38. The van der Waals surface area contributed by atoms with Gasteiger partial charge in [0.05, 0.1) is 0 Å². The van der Waals surface area contributed by atoms with Gasteiger partial charge in [-0.05, 0) is 18.4 Å². The summed E-state index contributed by atoms with van der Waals surface area (Å²) in [5, 5.41) is 9.17. The monoisotopic (exact) mass is 268 g/mol. The van der Waals surface area contributed by atoms with Gasteiger partial charge in [-0.2, -0.15) is 0 Å². The Morgan fingerprint density at radius 1 is 1.42 bits per heavy atom. The second-order valence-electron chi connectivity index (χ2n) is 5.02. The van der Waals surface area contributed by atoms with Gasteiger partial charge in [-0.15, -0.1) is 0 Å². The van der Waals surface area contributed by atoms with Gasteiger partial charge in [0.2, 0.25) is 11.8 Å². The molecular formula is C13H20N2O4. The van der Waals surface area contributed by atoms with Crippen LogP contribution in [0.4, 0.5) is 0 Å². The molecule has 0 spiro atoms. The van der Waals surface area contributed by atoms with Crippen LogP contribution in [0.2, 0.25) is 0 Å². The molecule has 6 heteroatoms. The van der Waals surface area contributed by atoms with E-state index in [4.69, 9.17) is 5.11 Å². The van der Waals surface area contributed by atoms with Crippen LogP contribution in [0, 0.1) is 5.92 Å². The van der Waals surface area contributed by atoms with E-state index in [0.29, 0.717) is 13.0 Å². The topological polar surface area (TPSA) is 77.9 Å². The van der Waals surface area contributed by atoms with Gasteiger partial charge in [-0.1, -0.05) is 20.4 Å². The molecule has 2 amide bonds. The van der Waals surface area contributed by atoms with Crippen LogP contribution in [0.15, 0.2) is 12.7 Å². The third kappa shape index (κ3) is 2.94. The van der Waals surface area contributed by atoms with Gasteiger partial charge in [0, 0.05) is 13.6 Å². The van der Waals surface area contributed by atoms with E-state index in [1.165, 1.54) is 16.8 Å². The lowest BCUT2D eigenvalue weighted by Gasteiger charge is -2.42. The summed E-state index contributed by atoms with van der Waals surface area (Å²) < 4.78 is 0. The van der Waals surface area contributed by atoms with E-state index in [1.54, 1.807) is 13.8 Å². The SMILES string of the molecule is C=CC(=O)N1CC[C@H]1C(=O)N(C)C(C(=O)O)C(C)C. The van der Waals surface area contributed by atoms with Gasteiger partial charge < -0.3 is 14.9 Å². The van der Waals surface area contributed by atoms with Crippen molar-refractivity contribution < 1.29 is 19.5 Å². The molecule has 0 aromatic rings. The number of aliphatic carboxylic acids is 1. The number of carbonyl (C=O) groups excluding carboxylic acids is 2. The molecule has 6 nitrogen and oxygen atoms in total. The van der Waals surface area contributed by atoms with Crippen molar-refractivity contribution in [1.29, 1.82) is 0 Å². The first-order valence-electron chi connectivity index (χ1n) is 6.23. The quantitative estimate of drug-likeness (QED) is 0.729. The van der Waals surface area contributed by atoms with E-state index >= 15 is 0 Å². The van der Waals surface area contributed by atoms with E-state index in [0.717, 1.165) is 6.08 Å². The molecule has 1 saturated heterocycles. The van der Waals surface area contributed by atoms with Crippen LogP contribution in [0.3, 0.4) is 0 Å². The molecule has 1 aliphatic heterocycles. The van der Waals surface area contributed by atoms with Gasteiger partial charge >= 0.3 is 5.97 Å². The maximum Gasteiger partial charge on any atom is 0.326 e. The molecule has 1 fully saturated rings. The number of likely N-dealkylation sites (N-methyl/N-ethyl adjacent to an activating group) is 1. The molecule has 19 heavy (non-hydrogen) atoms. The molecule has 0 aromatic carbocycles. The lowest BCUT2D eigenvalue weighted by atomic mass is 9.98.